The zero-order valence-electron chi connectivity index (χ0n) is 15.0. The van der Waals surface area contributed by atoms with Gasteiger partial charge >= 0.3 is 5.97 Å². The van der Waals surface area contributed by atoms with Gasteiger partial charge in [0, 0.05) is 27.9 Å². The number of rotatable bonds is 4. The number of para-hydroxylation sites is 1. The molecule has 6 nitrogen and oxygen atoms in total. The molecular weight excluding hydrogens is 444 g/mol. The van der Waals surface area contributed by atoms with Gasteiger partial charge in [-0.15, -0.1) is 0 Å². The van der Waals surface area contributed by atoms with Gasteiger partial charge in [-0.05, 0) is 42.8 Å². The third-order valence-electron chi connectivity index (χ3n) is 4.77. The van der Waals surface area contributed by atoms with Crippen LogP contribution in [0.5, 0.6) is 0 Å². The summed E-state index contributed by atoms with van der Waals surface area (Å²) in [6, 6.07) is 12.8. The van der Waals surface area contributed by atoms with E-state index >= 15 is 0 Å². The van der Waals surface area contributed by atoms with Gasteiger partial charge < -0.3 is 10.1 Å². The summed E-state index contributed by atoms with van der Waals surface area (Å²) in [6.45, 7) is 1.51. The lowest BCUT2D eigenvalue weighted by atomic mass is 10.2. The number of thioether (sulfide) groups is 1. The van der Waals surface area contributed by atoms with Crippen LogP contribution in [-0.2, 0) is 19.1 Å². The number of amides is 2. The lowest BCUT2D eigenvalue weighted by Crippen LogP contribution is -2.48. The maximum Gasteiger partial charge on any atom is 0.344 e. The molecule has 1 saturated heterocycles. The Morgan fingerprint density at radius 3 is 2.86 bits per heavy atom. The number of nitrogens with one attached hydrogen (secondary N) is 1. The minimum absolute atomic E-state index is 0.107. The van der Waals surface area contributed by atoms with Crippen LogP contribution in [0.4, 0.5) is 11.4 Å². The van der Waals surface area contributed by atoms with Gasteiger partial charge in [0.1, 0.15) is 0 Å². The summed E-state index contributed by atoms with van der Waals surface area (Å²) in [5.41, 5.74) is 2.33. The van der Waals surface area contributed by atoms with E-state index in [1.165, 1.54) is 16.7 Å². The first kappa shape index (κ1) is 19.0. The van der Waals surface area contributed by atoms with E-state index in [4.69, 9.17) is 4.74 Å². The Bertz CT molecular complexity index is 996. The Hall–Kier alpha value is -2.32. The first-order chi connectivity index (χ1) is 13.4. The molecule has 28 heavy (non-hydrogen) atoms. The molecule has 8 heteroatoms. The topological polar surface area (TPSA) is 75.7 Å². The fourth-order valence-electron chi connectivity index (χ4n) is 3.44. The molecule has 1 fully saturated rings. The van der Waals surface area contributed by atoms with Crippen LogP contribution in [0.15, 0.2) is 51.8 Å². The van der Waals surface area contributed by atoms with Crippen molar-refractivity contribution in [2.45, 2.75) is 29.5 Å². The van der Waals surface area contributed by atoms with Gasteiger partial charge in [-0.1, -0.05) is 39.8 Å². The third kappa shape index (κ3) is 3.20. The molecule has 1 N–H and O–H groups in total. The van der Waals surface area contributed by atoms with E-state index in [1.807, 2.05) is 43.3 Å². The fraction of sp³-hybridized carbons (Fsp3) is 0.250. The number of benzene rings is 2. The van der Waals surface area contributed by atoms with Gasteiger partial charge in [0.2, 0.25) is 5.91 Å². The summed E-state index contributed by atoms with van der Waals surface area (Å²) in [6.07, 6.45) is 0.637. The number of ether oxygens (including phenoxy) is 1. The molecule has 2 aliphatic rings. The van der Waals surface area contributed by atoms with Crippen molar-refractivity contribution in [3.8, 4) is 0 Å². The average molecular weight is 461 g/mol. The van der Waals surface area contributed by atoms with Crippen LogP contribution in [0, 0.1) is 6.92 Å². The highest BCUT2D eigenvalue weighted by Crippen LogP contribution is 2.56. The highest BCUT2D eigenvalue weighted by atomic mass is 79.9. The quantitative estimate of drug-likeness (QED) is 0.700. The summed E-state index contributed by atoms with van der Waals surface area (Å²) >= 11 is 4.73. The number of aryl methyl sites for hydroxylation is 1. The van der Waals surface area contributed by atoms with E-state index in [9.17, 15) is 14.4 Å². The maximum absolute atomic E-state index is 12.9. The predicted octanol–water partition coefficient (Wildman–Crippen LogP) is 3.87. The molecule has 0 saturated carbocycles. The molecule has 144 valence electrons. The summed E-state index contributed by atoms with van der Waals surface area (Å²) in [4.78, 5) is 38.8. The van der Waals surface area contributed by atoms with Crippen molar-refractivity contribution >= 4 is 56.9 Å². The van der Waals surface area contributed by atoms with Crippen LogP contribution in [0.2, 0.25) is 0 Å². The van der Waals surface area contributed by atoms with E-state index in [-0.39, 0.29) is 12.3 Å². The number of hydrogen-bond donors (Lipinski definition) is 1. The highest BCUT2D eigenvalue weighted by molar-refractivity contribution is 9.10. The molecule has 0 aliphatic carbocycles. The standard InChI is InChI=1S/C20H17BrN2O4S/c1-12-10-13(6-7-14(12)21)22-17(24)11-27-19(26)20-9-8-18(25)23(20)15-4-2-3-5-16(15)28-20/h2-7,10H,8-9,11H2,1H3,(H,22,24). The molecule has 1 unspecified atom stereocenters. The monoisotopic (exact) mass is 460 g/mol. The van der Waals surface area contributed by atoms with Crippen LogP contribution < -0.4 is 10.2 Å². The Morgan fingerprint density at radius 1 is 1.29 bits per heavy atom. The normalized spacial score (nSPS) is 19.9. The Balaban J connectivity index is 1.44. The van der Waals surface area contributed by atoms with Crippen LogP contribution in [0.3, 0.4) is 0 Å². The fourth-order valence-corrected chi connectivity index (χ4v) is 5.09. The van der Waals surface area contributed by atoms with Gasteiger partial charge in [-0.2, -0.15) is 0 Å². The smallest absolute Gasteiger partial charge is 0.344 e. The molecule has 0 radical (unpaired) electrons. The van der Waals surface area contributed by atoms with Gasteiger partial charge in [0.25, 0.3) is 5.91 Å². The SMILES string of the molecule is Cc1cc(NC(=O)COC(=O)C23CCC(=O)N2c2ccccc2S3)ccc1Br. The third-order valence-corrected chi connectivity index (χ3v) is 7.11. The van der Waals surface area contributed by atoms with Crippen molar-refractivity contribution in [2.24, 2.45) is 0 Å². The number of nitrogens with zero attached hydrogens (tertiary/aromatic N) is 1. The zero-order valence-corrected chi connectivity index (χ0v) is 17.4. The van der Waals surface area contributed by atoms with E-state index in [2.05, 4.69) is 21.2 Å². The first-order valence-electron chi connectivity index (χ1n) is 8.75. The van der Waals surface area contributed by atoms with Gasteiger partial charge in [-0.3, -0.25) is 14.5 Å². The summed E-state index contributed by atoms with van der Waals surface area (Å²) in [5, 5.41) is 2.71. The molecule has 2 aliphatic heterocycles. The van der Waals surface area contributed by atoms with Crippen molar-refractivity contribution in [1.29, 1.82) is 0 Å². The average Bonchev–Trinajstić information content (AvgIpc) is 3.18. The number of esters is 1. The second-order valence-electron chi connectivity index (χ2n) is 6.67. The molecular formula is C20H17BrN2O4S. The number of halogens is 1. The van der Waals surface area contributed by atoms with E-state index in [0.29, 0.717) is 12.1 Å². The molecule has 2 aromatic carbocycles. The first-order valence-corrected chi connectivity index (χ1v) is 10.4. The van der Waals surface area contributed by atoms with Crippen LogP contribution in [0.25, 0.3) is 0 Å². The number of fused-ring (bicyclic) bond motifs is 3. The lowest BCUT2D eigenvalue weighted by Gasteiger charge is -2.28. The number of carbonyl (C=O) groups is 3. The van der Waals surface area contributed by atoms with Gasteiger partial charge in [-0.25, -0.2) is 4.79 Å². The van der Waals surface area contributed by atoms with E-state index < -0.39 is 23.4 Å². The molecule has 2 aromatic rings. The van der Waals surface area contributed by atoms with Crippen molar-refractivity contribution in [3.63, 3.8) is 0 Å². The second kappa shape index (κ2) is 7.25. The zero-order chi connectivity index (χ0) is 19.9. The highest BCUT2D eigenvalue weighted by Gasteiger charge is 2.58. The van der Waals surface area contributed by atoms with Crippen molar-refractivity contribution in [3.05, 3.63) is 52.5 Å². The molecule has 4 rings (SSSR count). The largest absolute Gasteiger partial charge is 0.453 e. The summed E-state index contributed by atoms with van der Waals surface area (Å²) < 4.78 is 6.27. The molecule has 1 atom stereocenters. The molecule has 0 spiro atoms. The van der Waals surface area contributed by atoms with E-state index in [0.717, 1.165) is 20.6 Å². The summed E-state index contributed by atoms with van der Waals surface area (Å²) in [5.74, 6) is -1.10. The molecule has 2 heterocycles. The second-order valence-corrected chi connectivity index (χ2v) is 8.85. The van der Waals surface area contributed by atoms with Crippen molar-refractivity contribution < 1.29 is 19.1 Å². The summed E-state index contributed by atoms with van der Waals surface area (Å²) in [7, 11) is 0. The van der Waals surface area contributed by atoms with E-state index in [1.54, 1.807) is 6.07 Å². The van der Waals surface area contributed by atoms with Crippen molar-refractivity contribution in [1.82, 2.24) is 0 Å². The van der Waals surface area contributed by atoms with Gasteiger partial charge in [0.05, 0.1) is 5.69 Å². The Labute approximate surface area is 174 Å². The molecule has 0 aromatic heterocycles. The number of hydrogen-bond acceptors (Lipinski definition) is 5. The minimum Gasteiger partial charge on any atom is -0.453 e. The molecule has 0 bridgehead atoms. The van der Waals surface area contributed by atoms with Crippen molar-refractivity contribution in [2.75, 3.05) is 16.8 Å². The predicted molar refractivity (Wildman–Crippen MR) is 110 cm³/mol. The Morgan fingerprint density at radius 2 is 2.07 bits per heavy atom. The molecule has 2 amide bonds. The minimum atomic E-state index is -1.12. The van der Waals surface area contributed by atoms with Gasteiger partial charge in [0.15, 0.2) is 11.5 Å². The number of anilines is 2. The number of carbonyl (C=O) groups excluding carboxylic acids is 3. The maximum atomic E-state index is 12.9. The van der Waals surface area contributed by atoms with Crippen LogP contribution in [-0.4, -0.2) is 29.3 Å². The van der Waals surface area contributed by atoms with Crippen LogP contribution >= 0.6 is 27.7 Å². The van der Waals surface area contributed by atoms with Crippen LogP contribution in [0.1, 0.15) is 18.4 Å². The Kier molecular flexibility index (Phi) is 4.93. The lowest BCUT2D eigenvalue weighted by molar-refractivity contribution is -0.149.